The van der Waals surface area contributed by atoms with Crippen molar-refractivity contribution >= 4 is 11.8 Å². The average Bonchev–Trinajstić information content (AvgIpc) is 2.22. The molecule has 5 nitrogen and oxygen atoms in total. The van der Waals surface area contributed by atoms with E-state index >= 15 is 0 Å². The summed E-state index contributed by atoms with van der Waals surface area (Å²) in [6.45, 7) is 2.81. The molecule has 0 bridgehead atoms. The zero-order chi connectivity index (χ0) is 16.3. The summed E-state index contributed by atoms with van der Waals surface area (Å²) in [6, 6.07) is -1.11. The number of nitrogens with zero attached hydrogens (tertiary/aromatic N) is 2. The number of alkyl halides is 3. The zero-order valence-corrected chi connectivity index (χ0v) is 12.4. The van der Waals surface area contributed by atoms with E-state index in [0.717, 1.165) is 4.90 Å². The van der Waals surface area contributed by atoms with Crippen LogP contribution in [0.2, 0.25) is 0 Å². The molecular formula is C12H22F3N3O2. The zero-order valence-electron chi connectivity index (χ0n) is 12.4. The molecule has 118 valence electrons. The topological polar surface area (TPSA) is 66.6 Å². The third-order valence-corrected chi connectivity index (χ3v) is 2.71. The van der Waals surface area contributed by atoms with Crippen LogP contribution in [0, 0.1) is 5.41 Å². The fraction of sp³-hybridized carbons (Fsp3) is 0.833. The van der Waals surface area contributed by atoms with Gasteiger partial charge in [0.15, 0.2) is 0 Å². The van der Waals surface area contributed by atoms with Gasteiger partial charge >= 0.3 is 6.18 Å². The molecule has 1 atom stereocenters. The highest BCUT2D eigenvalue weighted by molar-refractivity contribution is 5.87. The van der Waals surface area contributed by atoms with E-state index in [9.17, 15) is 22.8 Å². The van der Waals surface area contributed by atoms with Crippen LogP contribution in [0.3, 0.4) is 0 Å². The van der Waals surface area contributed by atoms with Gasteiger partial charge < -0.3 is 15.5 Å². The van der Waals surface area contributed by atoms with Gasteiger partial charge in [-0.25, -0.2) is 0 Å². The Morgan fingerprint density at radius 2 is 1.60 bits per heavy atom. The first-order valence-corrected chi connectivity index (χ1v) is 6.07. The molecule has 0 unspecified atom stereocenters. The Kier molecular flexibility index (Phi) is 6.01. The van der Waals surface area contributed by atoms with Crippen molar-refractivity contribution in [3.8, 4) is 0 Å². The first kappa shape index (κ1) is 18.7. The second-order valence-corrected chi connectivity index (χ2v) is 5.94. The number of carbonyl (C=O) groups excluding carboxylic acids is 2. The average molecular weight is 297 g/mol. The number of hydrogen-bond acceptors (Lipinski definition) is 3. The van der Waals surface area contributed by atoms with E-state index in [1.54, 1.807) is 20.8 Å². The molecule has 0 saturated heterocycles. The number of nitrogens with two attached hydrogens (primary N) is 1. The van der Waals surface area contributed by atoms with Crippen LogP contribution >= 0.6 is 0 Å². The maximum Gasteiger partial charge on any atom is 0.406 e. The van der Waals surface area contributed by atoms with Gasteiger partial charge in [-0.1, -0.05) is 20.8 Å². The van der Waals surface area contributed by atoms with Gasteiger partial charge in [0.05, 0.1) is 6.04 Å². The predicted molar refractivity (Wildman–Crippen MR) is 68.8 cm³/mol. The molecule has 2 amide bonds. The van der Waals surface area contributed by atoms with Gasteiger partial charge in [-0.15, -0.1) is 0 Å². The van der Waals surface area contributed by atoms with Gasteiger partial charge in [-0.2, -0.15) is 13.2 Å². The lowest BCUT2D eigenvalue weighted by atomic mass is 9.86. The maximum absolute atomic E-state index is 12.5. The highest BCUT2D eigenvalue weighted by atomic mass is 19.4. The van der Waals surface area contributed by atoms with E-state index in [-0.39, 0.29) is 0 Å². The van der Waals surface area contributed by atoms with Crippen LogP contribution < -0.4 is 5.73 Å². The van der Waals surface area contributed by atoms with Crippen LogP contribution in [0.1, 0.15) is 20.8 Å². The second-order valence-electron chi connectivity index (χ2n) is 5.94. The smallest absolute Gasteiger partial charge is 0.347 e. The van der Waals surface area contributed by atoms with Crippen molar-refractivity contribution in [1.82, 2.24) is 9.80 Å². The van der Waals surface area contributed by atoms with Crippen molar-refractivity contribution in [3.63, 3.8) is 0 Å². The Balaban J connectivity index is 5.12. The molecule has 0 saturated carbocycles. The Labute approximate surface area is 116 Å². The summed E-state index contributed by atoms with van der Waals surface area (Å²) in [4.78, 5) is 25.2. The normalized spacial score (nSPS) is 13.8. The standard InChI is InChI=1S/C12H22F3N3O2/c1-11(2,3)9(16)10(20)18(7-12(13,14)15)6-8(19)17(4)5/h9H,6-7,16H2,1-5H3/t9-/m0/s1. The van der Waals surface area contributed by atoms with Crippen molar-refractivity contribution < 1.29 is 22.8 Å². The number of amides is 2. The molecule has 0 fully saturated rings. The van der Waals surface area contributed by atoms with Crippen molar-refractivity contribution in [1.29, 1.82) is 0 Å². The van der Waals surface area contributed by atoms with E-state index in [0.29, 0.717) is 4.90 Å². The second kappa shape index (κ2) is 6.43. The fourth-order valence-electron chi connectivity index (χ4n) is 1.30. The van der Waals surface area contributed by atoms with Gasteiger partial charge in [-0.3, -0.25) is 9.59 Å². The highest BCUT2D eigenvalue weighted by Gasteiger charge is 2.38. The number of carbonyl (C=O) groups is 2. The summed E-state index contributed by atoms with van der Waals surface area (Å²) in [5.41, 5.74) is 4.99. The van der Waals surface area contributed by atoms with Crippen LogP contribution in [0.15, 0.2) is 0 Å². The molecule has 0 radical (unpaired) electrons. The van der Waals surface area contributed by atoms with E-state index in [1.807, 2.05) is 0 Å². The minimum absolute atomic E-state index is 0.457. The maximum atomic E-state index is 12.5. The van der Waals surface area contributed by atoms with Crippen LogP contribution in [0.5, 0.6) is 0 Å². The quantitative estimate of drug-likeness (QED) is 0.836. The van der Waals surface area contributed by atoms with Crippen molar-refractivity contribution in [3.05, 3.63) is 0 Å². The highest BCUT2D eigenvalue weighted by Crippen LogP contribution is 2.22. The minimum atomic E-state index is -4.58. The number of rotatable bonds is 4. The molecular weight excluding hydrogens is 275 g/mol. The van der Waals surface area contributed by atoms with E-state index in [1.165, 1.54) is 14.1 Å². The number of likely N-dealkylation sites (N-methyl/N-ethyl adjacent to an activating group) is 1. The molecule has 0 heterocycles. The molecule has 0 aliphatic rings. The monoisotopic (exact) mass is 297 g/mol. The summed E-state index contributed by atoms with van der Waals surface area (Å²) in [7, 11) is 2.81. The molecule has 0 aliphatic carbocycles. The summed E-state index contributed by atoms with van der Waals surface area (Å²) < 4.78 is 37.6. The molecule has 0 aromatic rings. The fourth-order valence-corrected chi connectivity index (χ4v) is 1.30. The third-order valence-electron chi connectivity index (χ3n) is 2.71. The largest absolute Gasteiger partial charge is 0.406 e. The number of hydrogen-bond donors (Lipinski definition) is 1. The van der Waals surface area contributed by atoms with E-state index in [2.05, 4.69) is 0 Å². The predicted octanol–water partition coefficient (Wildman–Crippen LogP) is 0.839. The Bertz CT molecular complexity index is 362. The van der Waals surface area contributed by atoms with Crippen molar-refractivity contribution in [2.45, 2.75) is 33.0 Å². The number of halogens is 3. The van der Waals surface area contributed by atoms with Crippen LogP contribution in [-0.4, -0.2) is 61.0 Å². The van der Waals surface area contributed by atoms with Gasteiger partial charge in [0.2, 0.25) is 11.8 Å². The third kappa shape index (κ3) is 6.23. The molecule has 0 rings (SSSR count). The molecule has 2 N–H and O–H groups in total. The van der Waals surface area contributed by atoms with Crippen molar-refractivity contribution in [2.24, 2.45) is 11.1 Å². The van der Waals surface area contributed by atoms with Crippen LogP contribution in [0.4, 0.5) is 13.2 Å². The Morgan fingerprint density at radius 1 is 1.15 bits per heavy atom. The van der Waals surface area contributed by atoms with Crippen molar-refractivity contribution in [2.75, 3.05) is 27.2 Å². The Morgan fingerprint density at radius 3 is 1.90 bits per heavy atom. The van der Waals surface area contributed by atoms with Gasteiger partial charge in [-0.05, 0) is 5.41 Å². The molecule has 0 aromatic carbocycles. The van der Waals surface area contributed by atoms with Gasteiger partial charge in [0, 0.05) is 14.1 Å². The molecule has 8 heteroatoms. The molecule has 0 aliphatic heterocycles. The molecule has 0 aromatic heterocycles. The summed E-state index contributed by atoms with van der Waals surface area (Å²) in [5.74, 6) is -1.48. The van der Waals surface area contributed by atoms with Crippen LogP contribution in [-0.2, 0) is 9.59 Å². The van der Waals surface area contributed by atoms with E-state index in [4.69, 9.17) is 5.73 Å². The summed E-state index contributed by atoms with van der Waals surface area (Å²) >= 11 is 0. The lowest BCUT2D eigenvalue weighted by molar-refractivity contribution is -0.166. The molecule has 0 spiro atoms. The van der Waals surface area contributed by atoms with E-state index < -0.39 is 42.5 Å². The van der Waals surface area contributed by atoms with Crippen LogP contribution in [0.25, 0.3) is 0 Å². The lowest BCUT2D eigenvalue weighted by Gasteiger charge is -2.32. The minimum Gasteiger partial charge on any atom is -0.347 e. The van der Waals surface area contributed by atoms with Gasteiger partial charge in [0.1, 0.15) is 13.1 Å². The summed E-state index contributed by atoms with van der Waals surface area (Å²) in [6.07, 6.45) is -4.58. The molecule has 20 heavy (non-hydrogen) atoms. The lowest BCUT2D eigenvalue weighted by Crippen LogP contribution is -2.54. The SMILES string of the molecule is CN(C)C(=O)CN(CC(F)(F)F)C(=O)[C@H](N)C(C)(C)C. The first-order valence-electron chi connectivity index (χ1n) is 6.07. The van der Waals surface area contributed by atoms with Gasteiger partial charge in [0.25, 0.3) is 0 Å². The summed E-state index contributed by atoms with van der Waals surface area (Å²) in [5, 5.41) is 0. The first-order chi connectivity index (χ1) is 8.75. The Hall–Kier alpha value is -1.31.